The number of nitrogens with two attached hydrogens (primary N) is 2. The smallest absolute Gasteiger partial charge is 0.226 e. The van der Waals surface area contributed by atoms with Gasteiger partial charge in [-0.3, -0.25) is 9.59 Å². The maximum absolute atomic E-state index is 11.4. The van der Waals surface area contributed by atoms with Crippen LogP contribution < -0.4 is 11.5 Å². The summed E-state index contributed by atoms with van der Waals surface area (Å²) in [5.41, 5.74) is 17.4. The molecule has 0 radical (unpaired) electrons. The molecule has 0 saturated carbocycles. The van der Waals surface area contributed by atoms with Crippen molar-refractivity contribution in [1.82, 2.24) is 9.97 Å². The Morgan fingerprint density at radius 1 is 0.735 bits per heavy atom. The van der Waals surface area contributed by atoms with Crippen LogP contribution in [0.25, 0.3) is 21.8 Å². The lowest BCUT2D eigenvalue weighted by atomic mass is 9.86. The summed E-state index contributed by atoms with van der Waals surface area (Å²) in [6.07, 6.45) is 5.64. The average Bonchev–Trinajstić information content (AvgIpc) is 3.36. The molecule has 2 amide bonds. The van der Waals surface area contributed by atoms with E-state index in [-0.39, 0.29) is 23.7 Å². The summed E-state index contributed by atoms with van der Waals surface area (Å²) in [6, 6.07) is 11.5. The number of aromatic nitrogens is 2. The number of aromatic amines is 2. The van der Waals surface area contributed by atoms with Gasteiger partial charge in [-0.25, -0.2) is 0 Å². The zero-order valence-electron chi connectivity index (χ0n) is 18.6. The molecule has 0 spiro atoms. The predicted molar refractivity (Wildman–Crippen MR) is 136 cm³/mol. The molecule has 2 atom stereocenters. The first kappa shape index (κ1) is 22.8. The highest BCUT2D eigenvalue weighted by molar-refractivity contribution is 6.31. The lowest BCUT2D eigenvalue weighted by Crippen LogP contribution is -2.24. The van der Waals surface area contributed by atoms with E-state index in [1.165, 1.54) is 11.1 Å². The van der Waals surface area contributed by atoms with Crippen molar-refractivity contribution in [3.63, 3.8) is 0 Å². The summed E-state index contributed by atoms with van der Waals surface area (Å²) in [6.45, 7) is 0. The molecular weight excluding hydrogens is 471 g/mol. The third-order valence-electron chi connectivity index (χ3n) is 7.03. The second-order valence-electron chi connectivity index (χ2n) is 9.11. The molecule has 2 heterocycles. The fourth-order valence-electron chi connectivity index (χ4n) is 5.44. The molecule has 0 unspecified atom stereocenters. The van der Waals surface area contributed by atoms with Crippen LogP contribution in [0.5, 0.6) is 0 Å². The van der Waals surface area contributed by atoms with Crippen LogP contribution in [0.4, 0.5) is 0 Å². The maximum atomic E-state index is 11.4. The van der Waals surface area contributed by atoms with Gasteiger partial charge in [0.1, 0.15) is 0 Å². The van der Waals surface area contributed by atoms with E-state index < -0.39 is 0 Å². The van der Waals surface area contributed by atoms with Crippen LogP contribution in [-0.2, 0) is 22.4 Å². The fourth-order valence-corrected chi connectivity index (χ4v) is 5.78. The largest absolute Gasteiger partial charge is 0.369 e. The first-order valence-corrected chi connectivity index (χ1v) is 12.3. The molecule has 6 nitrogen and oxygen atoms in total. The van der Waals surface area contributed by atoms with E-state index in [0.29, 0.717) is 0 Å². The lowest BCUT2D eigenvalue weighted by molar-refractivity contribution is -0.120. The first-order valence-electron chi connectivity index (χ1n) is 11.5. The highest BCUT2D eigenvalue weighted by Gasteiger charge is 2.29. The minimum atomic E-state index is -0.247. The summed E-state index contributed by atoms with van der Waals surface area (Å²) < 4.78 is 0. The minimum Gasteiger partial charge on any atom is -0.369 e. The SMILES string of the molecule is NC(=O)[C@@H]1CCCc2c1[nH]c1ccc(Cl)cc21.NC(=O)[C@H]1CCCc2c1[nH]c1ccc(Cl)cc21. The number of benzene rings is 2. The average molecular weight is 497 g/mol. The number of hydrogen-bond acceptors (Lipinski definition) is 2. The van der Waals surface area contributed by atoms with Crippen molar-refractivity contribution >= 4 is 56.8 Å². The van der Waals surface area contributed by atoms with Gasteiger partial charge in [0.2, 0.25) is 11.8 Å². The predicted octanol–water partition coefficient (Wildman–Crippen LogP) is 5.45. The van der Waals surface area contributed by atoms with Gasteiger partial charge in [0, 0.05) is 43.2 Å². The summed E-state index contributed by atoms with van der Waals surface area (Å²) in [4.78, 5) is 29.5. The molecule has 0 saturated heterocycles. The van der Waals surface area contributed by atoms with Gasteiger partial charge in [-0.15, -0.1) is 0 Å². The topological polar surface area (TPSA) is 118 Å². The first-order chi connectivity index (χ1) is 16.3. The van der Waals surface area contributed by atoms with Gasteiger partial charge in [0.25, 0.3) is 0 Å². The van der Waals surface area contributed by atoms with Gasteiger partial charge in [0.05, 0.1) is 11.8 Å². The molecule has 6 N–H and O–H groups in total. The van der Waals surface area contributed by atoms with Crippen LogP contribution in [0.15, 0.2) is 36.4 Å². The fraction of sp³-hybridized carbons (Fsp3) is 0.308. The summed E-state index contributed by atoms with van der Waals surface area (Å²) in [5, 5.41) is 3.69. The van der Waals surface area contributed by atoms with E-state index >= 15 is 0 Å². The Morgan fingerprint density at radius 2 is 1.15 bits per heavy atom. The summed E-state index contributed by atoms with van der Waals surface area (Å²) in [5.74, 6) is -0.845. The Labute approximate surface area is 207 Å². The van der Waals surface area contributed by atoms with Crippen LogP contribution in [0.2, 0.25) is 10.0 Å². The Hall–Kier alpha value is -2.96. The van der Waals surface area contributed by atoms with Gasteiger partial charge in [-0.1, -0.05) is 23.2 Å². The Bertz CT molecular complexity index is 1310. The van der Waals surface area contributed by atoms with E-state index in [0.717, 1.165) is 81.8 Å². The third kappa shape index (κ3) is 4.05. The second kappa shape index (κ2) is 9.01. The standard InChI is InChI=1S/2C13H13ClN2O/c2*14-7-4-5-11-10(6-7)8-2-1-3-9(13(15)17)12(8)16-11/h2*4-6,9,16H,1-3H2,(H2,15,17)/t2*9-/m10/s1. The van der Waals surface area contributed by atoms with Crippen molar-refractivity contribution in [2.24, 2.45) is 11.5 Å². The van der Waals surface area contributed by atoms with Crippen LogP contribution in [0.1, 0.15) is 60.0 Å². The van der Waals surface area contributed by atoms with E-state index in [1.54, 1.807) is 0 Å². The zero-order valence-corrected chi connectivity index (χ0v) is 20.1. The van der Waals surface area contributed by atoms with Gasteiger partial charge in [-0.2, -0.15) is 0 Å². The molecule has 0 fully saturated rings. The second-order valence-corrected chi connectivity index (χ2v) is 9.98. The third-order valence-corrected chi connectivity index (χ3v) is 7.50. The molecule has 176 valence electrons. The van der Waals surface area contributed by atoms with Gasteiger partial charge >= 0.3 is 0 Å². The number of amides is 2. The number of nitrogens with one attached hydrogen (secondary N) is 2. The number of fused-ring (bicyclic) bond motifs is 6. The van der Waals surface area contributed by atoms with Crippen molar-refractivity contribution in [3.8, 4) is 0 Å². The Kier molecular flexibility index (Phi) is 6.04. The van der Waals surface area contributed by atoms with Gasteiger partial charge < -0.3 is 21.4 Å². The van der Waals surface area contributed by atoms with Crippen molar-refractivity contribution in [2.75, 3.05) is 0 Å². The molecule has 2 aromatic carbocycles. The molecule has 2 aliphatic rings. The normalized spacial score (nSPS) is 19.2. The minimum absolute atomic E-state index is 0.176. The molecule has 2 aliphatic carbocycles. The number of carbonyl (C=O) groups is 2. The zero-order chi connectivity index (χ0) is 24.0. The van der Waals surface area contributed by atoms with Crippen molar-refractivity contribution in [3.05, 3.63) is 69.0 Å². The van der Waals surface area contributed by atoms with E-state index in [9.17, 15) is 9.59 Å². The van der Waals surface area contributed by atoms with Crippen molar-refractivity contribution in [1.29, 1.82) is 0 Å². The van der Waals surface area contributed by atoms with E-state index in [1.807, 2.05) is 36.4 Å². The Morgan fingerprint density at radius 3 is 1.53 bits per heavy atom. The molecule has 0 bridgehead atoms. The molecule has 34 heavy (non-hydrogen) atoms. The summed E-state index contributed by atoms with van der Waals surface area (Å²) >= 11 is 12.0. The van der Waals surface area contributed by atoms with Gasteiger partial charge in [-0.05, 0) is 86.1 Å². The molecular formula is C26H26Cl2N4O2. The van der Waals surface area contributed by atoms with Crippen LogP contribution >= 0.6 is 23.2 Å². The van der Waals surface area contributed by atoms with Gasteiger partial charge in [0.15, 0.2) is 0 Å². The number of hydrogen-bond donors (Lipinski definition) is 4. The van der Waals surface area contributed by atoms with Crippen LogP contribution in [-0.4, -0.2) is 21.8 Å². The highest BCUT2D eigenvalue weighted by Crippen LogP contribution is 2.38. The monoisotopic (exact) mass is 496 g/mol. The molecule has 8 heteroatoms. The van der Waals surface area contributed by atoms with Crippen molar-refractivity contribution in [2.45, 2.75) is 50.4 Å². The number of rotatable bonds is 2. The van der Waals surface area contributed by atoms with Crippen molar-refractivity contribution < 1.29 is 9.59 Å². The Balaban J connectivity index is 0.000000142. The lowest BCUT2D eigenvalue weighted by Gasteiger charge is -2.19. The van der Waals surface area contributed by atoms with E-state index in [4.69, 9.17) is 34.7 Å². The number of H-pyrrole nitrogens is 2. The molecule has 4 aromatic rings. The maximum Gasteiger partial charge on any atom is 0.226 e. The molecule has 0 aliphatic heterocycles. The number of halogens is 2. The quantitative estimate of drug-likeness (QED) is 0.295. The molecule has 2 aromatic heterocycles. The number of carbonyl (C=O) groups excluding carboxylic acids is 2. The number of primary amides is 2. The number of aryl methyl sites for hydroxylation is 2. The molecule has 6 rings (SSSR count). The van der Waals surface area contributed by atoms with Crippen LogP contribution in [0.3, 0.4) is 0 Å². The summed E-state index contributed by atoms with van der Waals surface area (Å²) in [7, 11) is 0. The van der Waals surface area contributed by atoms with E-state index in [2.05, 4.69) is 9.97 Å². The highest BCUT2D eigenvalue weighted by atomic mass is 35.5. The van der Waals surface area contributed by atoms with Crippen LogP contribution in [0, 0.1) is 0 Å².